The zero-order valence-electron chi connectivity index (χ0n) is 14.3. The molecule has 4 rings (SSSR count). The van der Waals surface area contributed by atoms with Gasteiger partial charge in [0.15, 0.2) is 0 Å². The zero-order chi connectivity index (χ0) is 17.8. The first-order valence-corrected chi connectivity index (χ1v) is 8.56. The predicted octanol–water partition coefficient (Wildman–Crippen LogP) is 4.57. The number of hydrogen-bond donors (Lipinski definition) is 1. The second-order valence-corrected chi connectivity index (χ2v) is 6.12. The van der Waals surface area contributed by atoms with Gasteiger partial charge in [0, 0.05) is 6.54 Å². The summed E-state index contributed by atoms with van der Waals surface area (Å²) in [6.45, 7) is 1.30. The number of nitriles is 1. The van der Waals surface area contributed by atoms with Crippen molar-refractivity contribution in [2.75, 3.05) is 5.32 Å². The number of imidazole rings is 1. The lowest BCUT2D eigenvalue weighted by Crippen LogP contribution is -2.09. The molecule has 0 saturated heterocycles. The second kappa shape index (κ2) is 7.12. The average Bonchev–Trinajstić information content (AvgIpc) is 3.05. The molecule has 0 aliphatic heterocycles. The van der Waals surface area contributed by atoms with Crippen LogP contribution >= 0.6 is 0 Å². The minimum Gasteiger partial charge on any atom is -0.352 e. The highest BCUT2D eigenvalue weighted by molar-refractivity contribution is 5.78. The maximum atomic E-state index is 9.39. The largest absolute Gasteiger partial charge is 0.352 e. The Labute approximate surface area is 152 Å². The summed E-state index contributed by atoms with van der Waals surface area (Å²) < 4.78 is 2.13. The standard InChI is InChI=1S/C22H18N4/c23-14-18-10-4-5-11-19(18)16-26-21-13-7-6-12-20(21)25-22(26)24-15-17-8-2-1-3-9-17/h1-13H,15-16H2,(H,24,25). The summed E-state index contributed by atoms with van der Waals surface area (Å²) in [5.41, 5.74) is 4.87. The molecule has 4 heteroatoms. The molecule has 3 aromatic carbocycles. The quantitative estimate of drug-likeness (QED) is 0.580. The van der Waals surface area contributed by atoms with Gasteiger partial charge in [-0.3, -0.25) is 0 Å². The van der Waals surface area contributed by atoms with Gasteiger partial charge in [-0.15, -0.1) is 0 Å². The van der Waals surface area contributed by atoms with Crippen LogP contribution in [0.15, 0.2) is 78.9 Å². The second-order valence-electron chi connectivity index (χ2n) is 6.12. The number of hydrogen-bond acceptors (Lipinski definition) is 3. The van der Waals surface area contributed by atoms with E-state index in [4.69, 9.17) is 4.98 Å². The van der Waals surface area contributed by atoms with E-state index in [1.807, 2.05) is 60.7 Å². The third-order valence-electron chi connectivity index (χ3n) is 4.41. The van der Waals surface area contributed by atoms with Crippen molar-refractivity contribution < 1.29 is 0 Å². The average molecular weight is 338 g/mol. The molecule has 0 saturated carbocycles. The number of benzene rings is 3. The molecule has 0 unspecified atom stereocenters. The van der Waals surface area contributed by atoms with E-state index in [2.05, 4.69) is 34.2 Å². The molecule has 0 aliphatic carbocycles. The van der Waals surface area contributed by atoms with Crippen molar-refractivity contribution in [2.45, 2.75) is 13.1 Å². The summed E-state index contributed by atoms with van der Waals surface area (Å²) in [5, 5.41) is 12.8. The molecule has 0 radical (unpaired) electrons. The number of nitrogens with one attached hydrogen (secondary N) is 1. The summed E-state index contributed by atoms with van der Waals surface area (Å²) in [4.78, 5) is 4.75. The SMILES string of the molecule is N#Cc1ccccc1Cn1c(NCc2ccccc2)nc2ccccc21. The highest BCUT2D eigenvalue weighted by Crippen LogP contribution is 2.22. The molecule has 0 fully saturated rings. The van der Waals surface area contributed by atoms with Gasteiger partial charge in [0.05, 0.1) is 29.2 Å². The first-order valence-electron chi connectivity index (χ1n) is 8.56. The monoisotopic (exact) mass is 338 g/mol. The summed E-state index contributed by atoms with van der Waals surface area (Å²) >= 11 is 0. The van der Waals surface area contributed by atoms with E-state index in [1.54, 1.807) is 0 Å². The molecule has 4 nitrogen and oxygen atoms in total. The van der Waals surface area contributed by atoms with Gasteiger partial charge >= 0.3 is 0 Å². The number of fused-ring (bicyclic) bond motifs is 1. The molecule has 1 aromatic heterocycles. The normalized spacial score (nSPS) is 10.6. The van der Waals surface area contributed by atoms with Crippen molar-refractivity contribution in [3.63, 3.8) is 0 Å². The molecular formula is C22H18N4. The smallest absolute Gasteiger partial charge is 0.204 e. The first-order chi connectivity index (χ1) is 12.8. The van der Waals surface area contributed by atoms with Crippen LogP contribution in [-0.2, 0) is 13.1 Å². The Bertz CT molecular complexity index is 1070. The van der Waals surface area contributed by atoms with Gasteiger partial charge in [-0.2, -0.15) is 5.26 Å². The van der Waals surface area contributed by atoms with Gasteiger partial charge in [-0.25, -0.2) is 4.98 Å². The fourth-order valence-electron chi connectivity index (χ4n) is 3.09. The molecule has 126 valence electrons. The highest BCUT2D eigenvalue weighted by Gasteiger charge is 2.12. The van der Waals surface area contributed by atoms with Crippen LogP contribution < -0.4 is 5.32 Å². The van der Waals surface area contributed by atoms with Gasteiger partial charge in [0.1, 0.15) is 0 Å². The topological polar surface area (TPSA) is 53.6 Å². The molecule has 1 heterocycles. The molecule has 0 amide bonds. The van der Waals surface area contributed by atoms with Crippen molar-refractivity contribution in [3.05, 3.63) is 95.6 Å². The summed E-state index contributed by atoms with van der Waals surface area (Å²) in [7, 11) is 0. The third-order valence-corrected chi connectivity index (χ3v) is 4.41. The third kappa shape index (κ3) is 3.15. The molecule has 0 spiro atoms. The van der Waals surface area contributed by atoms with Crippen LogP contribution in [0.3, 0.4) is 0 Å². The molecule has 4 aromatic rings. The van der Waals surface area contributed by atoms with E-state index < -0.39 is 0 Å². The van der Waals surface area contributed by atoms with Crippen LogP contribution in [0.5, 0.6) is 0 Å². The van der Waals surface area contributed by atoms with Crippen LogP contribution in [0.4, 0.5) is 5.95 Å². The van der Waals surface area contributed by atoms with Crippen LogP contribution in [0, 0.1) is 11.3 Å². The van der Waals surface area contributed by atoms with Crippen molar-refractivity contribution in [3.8, 4) is 6.07 Å². The van der Waals surface area contributed by atoms with Crippen LogP contribution in [0.1, 0.15) is 16.7 Å². The molecule has 1 N–H and O–H groups in total. The zero-order valence-corrected chi connectivity index (χ0v) is 14.3. The van der Waals surface area contributed by atoms with E-state index in [0.29, 0.717) is 18.7 Å². The van der Waals surface area contributed by atoms with Crippen molar-refractivity contribution in [2.24, 2.45) is 0 Å². The van der Waals surface area contributed by atoms with Gasteiger partial charge in [0.25, 0.3) is 0 Å². The molecule has 0 atom stereocenters. The number of para-hydroxylation sites is 2. The Morgan fingerprint density at radius 1 is 0.885 bits per heavy atom. The molecule has 0 bridgehead atoms. The highest BCUT2D eigenvalue weighted by atomic mass is 15.2. The minimum atomic E-state index is 0.599. The molecular weight excluding hydrogens is 320 g/mol. The Morgan fingerprint density at radius 3 is 2.46 bits per heavy atom. The Hall–Kier alpha value is -3.58. The Kier molecular flexibility index (Phi) is 4.36. The number of aromatic nitrogens is 2. The fraction of sp³-hybridized carbons (Fsp3) is 0.0909. The van der Waals surface area contributed by atoms with Crippen LogP contribution in [0.2, 0.25) is 0 Å². The van der Waals surface area contributed by atoms with E-state index in [1.165, 1.54) is 5.56 Å². The van der Waals surface area contributed by atoms with Crippen molar-refractivity contribution >= 4 is 17.0 Å². The van der Waals surface area contributed by atoms with Crippen LogP contribution in [0.25, 0.3) is 11.0 Å². The molecule has 0 aliphatic rings. The van der Waals surface area contributed by atoms with Gasteiger partial charge in [-0.05, 0) is 29.3 Å². The lowest BCUT2D eigenvalue weighted by Gasteiger charge is -2.12. The maximum Gasteiger partial charge on any atom is 0.204 e. The lowest BCUT2D eigenvalue weighted by molar-refractivity contribution is 0.820. The summed E-state index contributed by atoms with van der Waals surface area (Å²) in [6.07, 6.45) is 0. The number of rotatable bonds is 5. The number of anilines is 1. The first kappa shape index (κ1) is 15.9. The van der Waals surface area contributed by atoms with E-state index in [0.717, 1.165) is 22.5 Å². The fourth-order valence-corrected chi connectivity index (χ4v) is 3.09. The predicted molar refractivity (Wildman–Crippen MR) is 104 cm³/mol. The summed E-state index contributed by atoms with van der Waals surface area (Å²) in [5.74, 6) is 0.808. The van der Waals surface area contributed by atoms with E-state index >= 15 is 0 Å². The summed E-state index contributed by atoms with van der Waals surface area (Å²) in [6, 6.07) is 28.3. The van der Waals surface area contributed by atoms with Gasteiger partial charge < -0.3 is 9.88 Å². The Morgan fingerprint density at radius 2 is 1.62 bits per heavy atom. The maximum absolute atomic E-state index is 9.39. The van der Waals surface area contributed by atoms with Crippen LogP contribution in [-0.4, -0.2) is 9.55 Å². The van der Waals surface area contributed by atoms with Crippen molar-refractivity contribution in [1.29, 1.82) is 5.26 Å². The Balaban J connectivity index is 1.71. The van der Waals surface area contributed by atoms with Gasteiger partial charge in [0.2, 0.25) is 5.95 Å². The molecule has 26 heavy (non-hydrogen) atoms. The van der Waals surface area contributed by atoms with E-state index in [9.17, 15) is 5.26 Å². The van der Waals surface area contributed by atoms with E-state index in [-0.39, 0.29) is 0 Å². The lowest BCUT2D eigenvalue weighted by atomic mass is 10.1. The van der Waals surface area contributed by atoms with Crippen molar-refractivity contribution in [1.82, 2.24) is 9.55 Å². The minimum absolute atomic E-state index is 0.599. The van der Waals surface area contributed by atoms with Gasteiger partial charge in [-0.1, -0.05) is 60.7 Å². The number of nitrogens with zero attached hydrogens (tertiary/aromatic N) is 3.